The summed E-state index contributed by atoms with van der Waals surface area (Å²) in [6.07, 6.45) is 25.5. The zero-order valence-corrected chi connectivity index (χ0v) is 31.0. The summed E-state index contributed by atoms with van der Waals surface area (Å²) in [5, 5.41) is 12.1. The minimum atomic E-state index is -0.0750. The van der Waals surface area contributed by atoms with E-state index < -0.39 is 0 Å². The summed E-state index contributed by atoms with van der Waals surface area (Å²) in [5.74, 6) is 7.78. The Bertz CT molecular complexity index is 911. The molecule has 2 rings (SSSR count). The van der Waals surface area contributed by atoms with Gasteiger partial charge in [-0.05, 0) is 32.1 Å². The Labute approximate surface area is 296 Å². The van der Waals surface area contributed by atoms with Crippen LogP contribution in [0.5, 0.6) is 0 Å². The molecule has 0 saturated carbocycles. The van der Waals surface area contributed by atoms with Crippen molar-refractivity contribution in [3.8, 4) is 11.8 Å². The van der Waals surface area contributed by atoms with Gasteiger partial charge in [0.2, 0.25) is 11.8 Å². The monoisotopic (exact) mass is 692 g/mol. The molecule has 9 nitrogen and oxygen atoms in total. The summed E-state index contributed by atoms with van der Waals surface area (Å²) in [6, 6.07) is 0.336. The molecule has 0 aromatic carbocycles. The second kappa shape index (κ2) is 29.9. The van der Waals surface area contributed by atoms with Crippen LogP contribution in [-0.2, 0) is 19.1 Å². The van der Waals surface area contributed by atoms with E-state index in [0.717, 1.165) is 44.3 Å². The van der Waals surface area contributed by atoms with Crippen molar-refractivity contribution in [1.82, 2.24) is 21.3 Å². The highest BCUT2D eigenvalue weighted by Crippen LogP contribution is 2.33. The smallest absolute Gasteiger partial charge is 0.315 e. The van der Waals surface area contributed by atoms with Crippen molar-refractivity contribution in [3.05, 3.63) is 0 Å². The topological polar surface area (TPSA) is 118 Å². The maximum absolute atomic E-state index is 12.1. The van der Waals surface area contributed by atoms with Crippen LogP contribution >= 0.6 is 11.8 Å². The van der Waals surface area contributed by atoms with Crippen LogP contribution in [0.25, 0.3) is 0 Å². The van der Waals surface area contributed by atoms with Crippen LogP contribution in [-0.4, -0.2) is 80.4 Å². The summed E-state index contributed by atoms with van der Waals surface area (Å²) < 4.78 is 11.0. The van der Waals surface area contributed by atoms with Crippen molar-refractivity contribution in [3.63, 3.8) is 0 Å². The molecule has 276 valence electrons. The number of nitrogens with one attached hydrogen (secondary N) is 4. The molecule has 0 radical (unpaired) electrons. The van der Waals surface area contributed by atoms with E-state index >= 15 is 0 Å². The number of fused-ring (bicyclic) bond motifs is 1. The first-order chi connectivity index (χ1) is 23.6. The number of carbonyl (C=O) groups excluding carboxylic acids is 3. The van der Waals surface area contributed by atoms with E-state index in [4.69, 9.17) is 9.47 Å². The quantitative estimate of drug-likeness (QED) is 0.0353. The molecule has 2 saturated heterocycles. The van der Waals surface area contributed by atoms with E-state index in [-0.39, 0.29) is 29.9 Å². The van der Waals surface area contributed by atoms with Crippen molar-refractivity contribution in [1.29, 1.82) is 0 Å². The van der Waals surface area contributed by atoms with Crippen LogP contribution in [0.2, 0.25) is 0 Å². The van der Waals surface area contributed by atoms with Gasteiger partial charge in [-0.1, -0.05) is 90.4 Å². The highest BCUT2D eigenvalue weighted by Gasteiger charge is 2.42. The van der Waals surface area contributed by atoms with Crippen LogP contribution in [0.4, 0.5) is 4.79 Å². The van der Waals surface area contributed by atoms with Crippen LogP contribution in [0.1, 0.15) is 148 Å². The molecule has 10 heteroatoms. The average Bonchev–Trinajstić information content (AvgIpc) is 3.63. The Morgan fingerprint density at radius 1 is 0.688 bits per heavy atom. The van der Waals surface area contributed by atoms with Crippen molar-refractivity contribution in [2.24, 2.45) is 0 Å². The Balaban J connectivity index is 1.22. The fourth-order valence-electron chi connectivity index (χ4n) is 6.21. The SMILES string of the molecule is CCCCCCCCCCCCC#CCCCCCCCCC(=O)NCCOCCOCCNC(=O)CCCC1SCC2NC(=O)NC21. The Morgan fingerprint density at radius 2 is 1.19 bits per heavy atom. The third-order valence-electron chi connectivity index (χ3n) is 9.08. The number of unbranched alkanes of at least 4 members (excludes halogenated alkanes) is 16. The highest BCUT2D eigenvalue weighted by molar-refractivity contribution is 8.00. The number of amides is 4. The molecule has 0 spiro atoms. The summed E-state index contributed by atoms with van der Waals surface area (Å²) in [5.41, 5.74) is 0. The van der Waals surface area contributed by atoms with Crippen LogP contribution in [0.15, 0.2) is 0 Å². The standard InChI is InChI=1S/C38H68N4O5S/c1-2-3-4-5-6-7-8-9-10-11-12-13-14-15-16-17-18-19-20-21-24-35(43)39-26-28-46-30-31-47-29-27-40-36(44)25-22-23-34-37-33(32-48-34)41-38(45)42-37/h33-34,37H,2-12,15-32H2,1H3,(H,39,43)(H,40,44)(H2,41,42,45). The van der Waals surface area contributed by atoms with Crippen LogP contribution in [0.3, 0.4) is 0 Å². The van der Waals surface area contributed by atoms with Gasteiger partial charge in [0.05, 0.1) is 38.5 Å². The molecule has 3 atom stereocenters. The van der Waals surface area contributed by atoms with E-state index in [0.29, 0.717) is 57.6 Å². The number of carbonyl (C=O) groups is 3. The van der Waals surface area contributed by atoms with Gasteiger partial charge in [0.25, 0.3) is 0 Å². The molecule has 2 fully saturated rings. The van der Waals surface area contributed by atoms with E-state index in [1.54, 1.807) is 0 Å². The highest BCUT2D eigenvalue weighted by atomic mass is 32.2. The van der Waals surface area contributed by atoms with E-state index in [1.165, 1.54) is 89.9 Å². The Morgan fingerprint density at radius 3 is 1.75 bits per heavy atom. The predicted molar refractivity (Wildman–Crippen MR) is 198 cm³/mol. The largest absolute Gasteiger partial charge is 0.377 e. The lowest BCUT2D eigenvalue weighted by Crippen LogP contribution is -2.37. The molecule has 0 aliphatic carbocycles. The zero-order valence-electron chi connectivity index (χ0n) is 30.2. The first-order valence-corrected chi connectivity index (χ1v) is 20.5. The molecule has 48 heavy (non-hydrogen) atoms. The van der Waals surface area contributed by atoms with Gasteiger partial charge in [-0.2, -0.15) is 11.8 Å². The molecular formula is C38H68N4O5S. The second-order valence-corrected chi connectivity index (χ2v) is 14.6. The molecule has 0 aromatic rings. The molecule has 2 aliphatic heterocycles. The lowest BCUT2D eigenvalue weighted by molar-refractivity contribution is -0.122. The molecule has 0 aromatic heterocycles. The van der Waals surface area contributed by atoms with Crippen LogP contribution in [0, 0.1) is 11.8 Å². The van der Waals surface area contributed by atoms with E-state index in [9.17, 15) is 14.4 Å². The van der Waals surface area contributed by atoms with Crippen molar-refractivity contribution < 1.29 is 23.9 Å². The fraction of sp³-hybridized carbons (Fsp3) is 0.868. The van der Waals surface area contributed by atoms with Gasteiger partial charge in [0.15, 0.2) is 0 Å². The average molecular weight is 693 g/mol. The van der Waals surface area contributed by atoms with Crippen molar-refractivity contribution >= 4 is 29.6 Å². The summed E-state index contributed by atoms with van der Waals surface area (Å²) in [6.45, 7) is 5.09. The summed E-state index contributed by atoms with van der Waals surface area (Å²) in [4.78, 5) is 35.6. The molecule has 2 aliphatic rings. The van der Waals surface area contributed by atoms with Gasteiger partial charge in [-0.25, -0.2) is 4.79 Å². The zero-order chi connectivity index (χ0) is 34.3. The first kappa shape index (κ1) is 42.2. The molecule has 2 heterocycles. The van der Waals surface area contributed by atoms with Crippen LogP contribution < -0.4 is 21.3 Å². The minimum absolute atomic E-state index is 0.0319. The first-order valence-electron chi connectivity index (χ1n) is 19.4. The number of urea groups is 1. The van der Waals surface area contributed by atoms with Gasteiger partial charge in [-0.15, -0.1) is 11.8 Å². The number of rotatable bonds is 31. The van der Waals surface area contributed by atoms with E-state index in [1.807, 2.05) is 11.8 Å². The third kappa shape index (κ3) is 22.6. The Kier molecular flexibility index (Phi) is 26.3. The number of hydrogen-bond donors (Lipinski definition) is 4. The molecule has 3 unspecified atom stereocenters. The molecule has 0 bridgehead atoms. The van der Waals surface area contributed by atoms with Crippen molar-refractivity contribution in [2.45, 2.75) is 166 Å². The maximum atomic E-state index is 12.1. The third-order valence-corrected chi connectivity index (χ3v) is 10.6. The fourth-order valence-corrected chi connectivity index (χ4v) is 7.76. The molecular weight excluding hydrogens is 625 g/mol. The van der Waals surface area contributed by atoms with Gasteiger partial charge in [0, 0.05) is 49.8 Å². The maximum Gasteiger partial charge on any atom is 0.315 e. The van der Waals surface area contributed by atoms with E-state index in [2.05, 4.69) is 40.0 Å². The predicted octanol–water partition coefficient (Wildman–Crippen LogP) is 7.02. The number of ether oxygens (including phenoxy) is 2. The minimum Gasteiger partial charge on any atom is -0.377 e. The Hall–Kier alpha value is -1.96. The summed E-state index contributed by atoms with van der Waals surface area (Å²) in [7, 11) is 0. The van der Waals surface area contributed by atoms with Gasteiger partial charge in [0.1, 0.15) is 0 Å². The lowest BCUT2D eigenvalue weighted by Gasteiger charge is -2.16. The molecule has 4 amide bonds. The van der Waals surface area contributed by atoms with Crippen molar-refractivity contribution in [2.75, 3.05) is 45.3 Å². The normalized spacial score (nSPS) is 18.1. The molecule has 4 N–H and O–H groups in total. The number of hydrogen-bond acceptors (Lipinski definition) is 6. The van der Waals surface area contributed by atoms with Gasteiger partial charge < -0.3 is 30.7 Å². The lowest BCUT2D eigenvalue weighted by atomic mass is 10.0. The number of thioether (sulfide) groups is 1. The van der Waals surface area contributed by atoms with Gasteiger partial charge >= 0.3 is 6.03 Å². The summed E-state index contributed by atoms with van der Waals surface area (Å²) >= 11 is 1.87. The van der Waals surface area contributed by atoms with Gasteiger partial charge in [-0.3, -0.25) is 9.59 Å². The second-order valence-electron chi connectivity index (χ2n) is 13.3.